The molecular formula is C13H13N3O4. The van der Waals surface area contributed by atoms with Gasteiger partial charge in [-0.05, 0) is 13.0 Å². The number of rotatable bonds is 5. The zero-order valence-electron chi connectivity index (χ0n) is 10.8. The van der Waals surface area contributed by atoms with Gasteiger partial charge in [0.05, 0.1) is 4.92 Å². The molecule has 0 spiro atoms. The molecule has 104 valence electrons. The molecule has 0 radical (unpaired) electrons. The van der Waals surface area contributed by atoms with E-state index in [1.807, 2.05) is 0 Å². The minimum Gasteiger partial charge on any atom is -0.368 e. The smallest absolute Gasteiger partial charge is 0.273 e. The molecule has 1 atom stereocenters. The summed E-state index contributed by atoms with van der Waals surface area (Å²) in [6.07, 6.45) is 5.02. The monoisotopic (exact) mass is 275 g/mol. The zero-order chi connectivity index (χ0) is 15.3. The predicted molar refractivity (Wildman–Crippen MR) is 71.7 cm³/mol. The minimum absolute atomic E-state index is 0.0466. The Balaban J connectivity index is 2.98. The zero-order valence-corrected chi connectivity index (χ0v) is 10.8. The molecule has 0 aliphatic carbocycles. The van der Waals surface area contributed by atoms with E-state index in [1.165, 1.54) is 12.1 Å². The largest absolute Gasteiger partial charge is 0.368 e. The lowest BCUT2D eigenvalue weighted by molar-refractivity contribution is -0.385. The van der Waals surface area contributed by atoms with Crippen molar-refractivity contribution >= 4 is 17.5 Å². The molecule has 20 heavy (non-hydrogen) atoms. The van der Waals surface area contributed by atoms with Crippen LogP contribution in [0.15, 0.2) is 18.2 Å². The van der Waals surface area contributed by atoms with Gasteiger partial charge in [0.25, 0.3) is 11.6 Å². The Kier molecular flexibility index (Phi) is 4.81. The van der Waals surface area contributed by atoms with Gasteiger partial charge < -0.3 is 11.1 Å². The fourth-order valence-electron chi connectivity index (χ4n) is 1.53. The number of nitrogens with two attached hydrogens (primary N) is 1. The highest BCUT2D eigenvalue weighted by molar-refractivity contribution is 5.98. The van der Waals surface area contributed by atoms with E-state index in [4.69, 9.17) is 12.2 Å². The first-order valence-electron chi connectivity index (χ1n) is 5.65. The van der Waals surface area contributed by atoms with E-state index in [1.54, 1.807) is 6.92 Å². The Morgan fingerprint density at radius 1 is 1.55 bits per heavy atom. The van der Waals surface area contributed by atoms with Crippen molar-refractivity contribution in [2.24, 2.45) is 5.73 Å². The van der Waals surface area contributed by atoms with Gasteiger partial charge in [-0.3, -0.25) is 19.7 Å². The lowest BCUT2D eigenvalue weighted by Gasteiger charge is -2.12. The lowest BCUT2D eigenvalue weighted by atomic mass is 10.1. The van der Waals surface area contributed by atoms with Crippen molar-refractivity contribution in [3.8, 4) is 12.3 Å². The topological polar surface area (TPSA) is 115 Å². The lowest BCUT2D eigenvalue weighted by Crippen LogP contribution is -2.44. The number of nitrogens with zero attached hydrogens (tertiary/aromatic N) is 1. The Morgan fingerprint density at radius 2 is 2.20 bits per heavy atom. The number of primary amides is 1. The van der Waals surface area contributed by atoms with Crippen LogP contribution in [0.4, 0.5) is 5.69 Å². The first kappa shape index (κ1) is 15.2. The molecule has 1 aromatic carbocycles. The van der Waals surface area contributed by atoms with E-state index in [0.29, 0.717) is 5.56 Å². The molecule has 0 saturated heterocycles. The van der Waals surface area contributed by atoms with Crippen LogP contribution in [0.3, 0.4) is 0 Å². The number of hydrogen-bond donors (Lipinski definition) is 2. The first-order chi connectivity index (χ1) is 9.36. The molecule has 0 fully saturated rings. The van der Waals surface area contributed by atoms with Gasteiger partial charge in [0.2, 0.25) is 5.91 Å². The molecule has 7 nitrogen and oxygen atoms in total. The number of hydrogen-bond acceptors (Lipinski definition) is 4. The Labute approximate surface area is 115 Å². The number of nitrogens with one attached hydrogen (secondary N) is 1. The van der Waals surface area contributed by atoms with E-state index >= 15 is 0 Å². The van der Waals surface area contributed by atoms with E-state index in [2.05, 4.69) is 11.2 Å². The van der Waals surface area contributed by atoms with Crippen molar-refractivity contribution in [2.75, 3.05) is 0 Å². The van der Waals surface area contributed by atoms with Crippen LogP contribution in [0, 0.1) is 29.4 Å². The molecule has 7 heteroatoms. The van der Waals surface area contributed by atoms with Crippen LogP contribution in [0.1, 0.15) is 22.3 Å². The number of nitro benzene ring substituents is 1. The van der Waals surface area contributed by atoms with Gasteiger partial charge in [-0.1, -0.05) is 6.07 Å². The summed E-state index contributed by atoms with van der Waals surface area (Å²) in [5.74, 6) is 0.809. The Morgan fingerprint density at radius 3 is 2.70 bits per heavy atom. The molecule has 1 aromatic rings. The van der Waals surface area contributed by atoms with Crippen molar-refractivity contribution < 1.29 is 14.5 Å². The van der Waals surface area contributed by atoms with E-state index in [9.17, 15) is 19.7 Å². The van der Waals surface area contributed by atoms with Crippen LogP contribution >= 0.6 is 0 Å². The van der Waals surface area contributed by atoms with Crippen molar-refractivity contribution in [3.05, 3.63) is 39.4 Å². The van der Waals surface area contributed by atoms with Gasteiger partial charge in [-0.25, -0.2) is 0 Å². The van der Waals surface area contributed by atoms with Gasteiger partial charge >= 0.3 is 0 Å². The van der Waals surface area contributed by atoms with E-state index in [0.717, 1.165) is 6.07 Å². The third-order valence-corrected chi connectivity index (χ3v) is 2.64. The molecule has 0 aliphatic heterocycles. The molecule has 0 unspecified atom stereocenters. The summed E-state index contributed by atoms with van der Waals surface area (Å²) in [6.45, 7) is 1.56. The van der Waals surface area contributed by atoms with E-state index in [-0.39, 0.29) is 17.7 Å². The number of carbonyl (C=O) groups is 2. The van der Waals surface area contributed by atoms with Gasteiger partial charge in [0.1, 0.15) is 6.04 Å². The Hall–Kier alpha value is -2.88. The first-order valence-corrected chi connectivity index (χ1v) is 5.65. The number of benzene rings is 1. The highest BCUT2D eigenvalue weighted by Crippen LogP contribution is 2.19. The third kappa shape index (κ3) is 3.55. The average Bonchev–Trinajstić information content (AvgIpc) is 2.38. The SMILES string of the molecule is C#CC[C@@H](NC(=O)c1ccc(C)c([N+](=O)[O-])c1)C(N)=O. The molecule has 1 rings (SSSR count). The maximum Gasteiger partial charge on any atom is 0.273 e. The number of nitro groups is 1. The van der Waals surface area contributed by atoms with Crippen LogP contribution in [0.5, 0.6) is 0 Å². The van der Waals surface area contributed by atoms with Gasteiger partial charge in [0, 0.05) is 23.6 Å². The number of aryl methyl sites for hydroxylation is 1. The average molecular weight is 275 g/mol. The summed E-state index contributed by atoms with van der Waals surface area (Å²) in [6, 6.07) is 3.00. The molecule has 0 bridgehead atoms. The van der Waals surface area contributed by atoms with Crippen LogP contribution in [-0.2, 0) is 4.79 Å². The van der Waals surface area contributed by atoms with Crippen LogP contribution in [-0.4, -0.2) is 22.8 Å². The third-order valence-electron chi connectivity index (χ3n) is 2.64. The highest BCUT2D eigenvalue weighted by atomic mass is 16.6. The van der Waals surface area contributed by atoms with Crippen molar-refractivity contribution in [2.45, 2.75) is 19.4 Å². The summed E-state index contributed by atoms with van der Waals surface area (Å²) in [5, 5.41) is 13.1. The molecule has 2 amide bonds. The quantitative estimate of drug-likeness (QED) is 0.462. The molecule has 0 heterocycles. The maximum absolute atomic E-state index is 11.9. The van der Waals surface area contributed by atoms with Gasteiger partial charge in [0.15, 0.2) is 0 Å². The summed E-state index contributed by atoms with van der Waals surface area (Å²) >= 11 is 0. The van der Waals surface area contributed by atoms with Crippen LogP contribution in [0.25, 0.3) is 0 Å². The maximum atomic E-state index is 11.9. The van der Waals surface area contributed by atoms with Crippen molar-refractivity contribution in [3.63, 3.8) is 0 Å². The van der Waals surface area contributed by atoms with E-state index < -0.39 is 22.8 Å². The number of terminal acetylenes is 1. The molecule has 0 aromatic heterocycles. The van der Waals surface area contributed by atoms with Gasteiger partial charge in [-0.15, -0.1) is 12.3 Å². The summed E-state index contributed by atoms with van der Waals surface area (Å²) < 4.78 is 0. The molecule has 0 saturated carbocycles. The van der Waals surface area contributed by atoms with Crippen molar-refractivity contribution in [1.82, 2.24) is 5.32 Å². The second-order valence-electron chi connectivity index (χ2n) is 4.10. The fourth-order valence-corrected chi connectivity index (χ4v) is 1.53. The second kappa shape index (κ2) is 6.33. The van der Waals surface area contributed by atoms with Gasteiger partial charge in [-0.2, -0.15) is 0 Å². The number of carbonyl (C=O) groups excluding carboxylic acids is 2. The normalized spacial score (nSPS) is 11.2. The molecular weight excluding hydrogens is 262 g/mol. The minimum atomic E-state index is -1.01. The summed E-state index contributed by atoms with van der Waals surface area (Å²) in [5.41, 5.74) is 5.41. The van der Waals surface area contributed by atoms with Crippen LogP contribution in [0.2, 0.25) is 0 Å². The summed E-state index contributed by atoms with van der Waals surface area (Å²) in [7, 11) is 0. The van der Waals surface area contributed by atoms with Crippen LogP contribution < -0.4 is 11.1 Å². The number of amides is 2. The van der Waals surface area contributed by atoms with Crippen molar-refractivity contribution in [1.29, 1.82) is 0 Å². The highest BCUT2D eigenvalue weighted by Gasteiger charge is 2.20. The molecule has 3 N–H and O–H groups in total. The predicted octanol–water partition coefficient (Wildman–Crippen LogP) is 0.510. The molecule has 0 aliphatic rings. The second-order valence-corrected chi connectivity index (χ2v) is 4.10. The summed E-state index contributed by atoms with van der Waals surface area (Å²) in [4.78, 5) is 33.2. The standard InChI is InChI=1S/C13H13N3O4/c1-3-4-10(12(14)17)15-13(18)9-6-5-8(2)11(7-9)16(19)20/h1,5-7,10H,4H2,2H3,(H2,14,17)(H,15,18)/t10-/m1/s1. The Bertz CT molecular complexity index is 604. The fraction of sp³-hybridized carbons (Fsp3) is 0.231.